The van der Waals surface area contributed by atoms with Gasteiger partial charge in [-0.3, -0.25) is 4.90 Å². The van der Waals surface area contributed by atoms with Gasteiger partial charge in [-0.25, -0.2) is 0 Å². The highest BCUT2D eigenvalue weighted by Gasteiger charge is 2.38. The van der Waals surface area contributed by atoms with Crippen LogP contribution in [0, 0.1) is 5.41 Å². The van der Waals surface area contributed by atoms with Crippen molar-refractivity contribution in [2.45, 2.75) is 25.8 Å². The molecule has 0 unspecified atom stereocenters. The predicted molar refractivity (Wildman–Crippen MR) is 88.4 cm³/mol. The van der Waals surface area contributed by atoms with Crippen LogP contribution in [-0.2, 0) is 6.54 Å². The molecular formula is C19H24N2. The zero-order valence-electron chi connectivity index (χ0n) is 12.6. The van der Waals surface area contributed by atoms with Crippen LogP contribution in [0.4, 0.5) is 0 Å². The lowest BCUT2D eigenvalue weighted by Crippen LogP contribution is -2.41. The molecule has 21 heavy (non-hydrogen) atoms. The Hall–Kier alpha value is -1.38. The first-order chi connectivity index (χ1) is 10.3. The second-order valence-corrected chi connectivity index (χ2v) is 6.92. The van der Waals surface area contributed by atoms with E-state index in [0.29, 0.717) is 5.41 Å². The fourth-order valence-electron chi connectivity index (χ4n) is 4.14. The maximum absolute atomic E-state index is 3.60. The first kappa shape index (κ1) is 13.3. The Bertz CT molecular complexity index is 628. The minimum Gasteiger partial charge on any atom is -0.316 e. The molecule has 0 amide bonds. The summed E-state index contributed by atoms with van der Waals surface area (Å²) in [6.07, 6.45) is 4.13. The number of hydrogen-bond acceptors (Lipinski definition) is 2. The van der Waals surface area contributed by atoms with Crippen LogP contribution in [0.1, 0.15) is 24.8 Å². The molecule has 2 nitrogen and oxygen atoms in total. The van der Waals surface area contributed by atoms with Gasteiger partial charge < -0.3 is 5.32 Å². The van der Waals surface area contributed by atoms with E-state index in [1.807, 2.05) is 0 Å². The van der Waals surface area contributed by atoms with Gasteiger partial charge in [-0.05, 0) is 60.2 Å². The summed E-state index contributed by atoms with van der Waals surface area (Å²) in [5.74, 6) is 0. The van der Waals surface area contributed by atoms with E-state index in [9.17, 15) is 0 Å². The molecule has 1 spiro atoms. The molecule has 110 valence electrons. The Balaban J connectivity index is 1.48. The summed E-state index contributed by atoms with van der Waals surface area (Å²) in [4.78, 5) is 2.65. The fourth-order valence-corrected chi connectivity index (χ4v) is 4.14. The van der Waals surface area contributed by atoms with E-state index < -0.39 is 0 Å². The molecule has 4 rings (SSSR count). The van der Waals surface area contributed by atoms with E-state index in [4.69, 9.17) is 0 Å². The molecule has 2 aliphatic rings. The summed E-state index contributed by atoms with van der Waals surface area (Å²) in [5.41, 5.74) is 2.02. The topological polar surface area (TPSA) is 15.3 Å². The van der Waals surface area contributed by atoms with Crippen LogP contribution in [0.2, 0.25) is 0 Å². The molecule has 2 aromatic rings. The highest BCUT2D eigenvalue weighted by Crippen LogP contribution is 2.37. The molecular weight excluding hydrogens is 256 g/mol. The number of rotatable bonds is 2. The van der Waals surface area contributed by atoms with Gasteiger partial charge in [0.05, 0.1) is 0 Å². The minimum absolute atomic E-state index is 0.565. The van der Waals surface area contributed by atoms with E-state index in [0.717, 1.165) is 6.54 Å². The van der Waals surface area contributed by atoms with Crippen molar-refractivity contribution in [1.29, 1.82) is 0 Å². The molecule has 0 aromatic heterocycles. The summed E-state index contributed by atoms with van der Waals surface area (Å²) >= 11 is 0. The van der Waals surface area contributed by atoms with E-state index in [2.05, 4.69) is 52.7 Å². The lowest BCUT2D eigenvalue weighted by molar-refractivity contribution is 0.199. The Morgan fingerprint density at radius 3 is 2.81 bits per heavy atom. The second-order valence-electron chi connectivity index (χ2n) is 6.92. The predicted octanol–water partition coefficient (Wildman–Crippen LogP) is 3.42. The van der Waals surface area contributed by atoms with Crippen molar-refractivity contribution < 1.29 is 0 Å². The molecule has 2 aliphatic heterocycles. The van der Waals surface area contributed by atoms with Crippen molar-refractivity contribution in [3.05, 3.63) is 48.0 Å². The summed E-state index contributed by atoms with van der Waals surface area (Å²) < 4.78 is 0. The quantitative estimate of drug-likeness (QED) is 0.907. The highest BCUT2D eigenvalue weighted by atomic mass is 15.2. The third-order valence-electron chi connectivity index (χ3n) is 5.30. The fraction of sp³-hybridized carbons (Fsp3) is 0.474. The van der Waals surface area contributed by atoms with Crippen LogP contribution in [-0.4, -0.2) is 31.1 Å². The van der Waals surface area contributed by atoms with Crippen LogP contribution in [0.3, 0.4) is 0 Å². The molecule has 2 heterocycles. The molecule has 2 fully saturated rings. The third kappa shape index (κ3) is 2.70. The molecule has 0 bridgehead atoms. The van der Waals surface area contributed by atoms with E-state index in [-0.39, 0.29) is 0 Å². The van der Waals surface area contributed by atoms with Crippen LogP contribution in [0.25, 0.3) is 10.8 Å². The minimum atomic E-state index is 0.565. The molecule has 0 aliphatic carbocycles. The van der Waals surface area contributed by atoms with Crippen LogP contribution >= 0.6 is 0 Å². The van der Waals surface area contributed by atoms with E-state index in [1.54, 1.807) is 0 Å². The Labute approximate surface area is 127 Å². The Morgan fingerprint density at radius 2 is 1.95 bits per heavy atom. The van der Waals surface area contributed by atoms with Crippen LogP contribution in [0.5, 0.6) is 0 Å². The summed E-state index contributed by atoms with van der Waals surface area (Å²) in [7, 11) is 0. The van der Waals surface area contributed by atoms with Gasteiger partial charge in [-0.1, -0.05) is 36.4 Å². The van der Waals surface area contributed by atoms with Crippen molar-refractivity contribution in [3.63, 3.8) is 0 Å². The standard InChI is InChI=1S/C19H24N2/c1-2-5-18-12-16(6-7-17(18)4-1)13-21-11-9-19(15-21)8-3-10-20-14-19/h1-2,4-7,12,20H,3,8-11,13-15H2/t19-/m0/s1. The lowest BCUT2D eigenvalue weighted by Gasteiger charge is -2.34. The lowest BCUT2D eigenvalue weighted by atomic mass is 9.80. The summed E-state index contributed by atoms with van der Waals surface area (Å²) in [5, 5.41) is 6.31. The van der Waals surface area contributed by atoms with Gasteiger partial charge in [-0.15, -0.1) is 0 Å². The molecule has 2 saturated heterocycles. The molecule has 0 radical (unpaired) electrons. The van der Waals surface area contributed by atoms with Gasteiger partial charge in [0, 0.05) is 19.6 Å². The van der Waals surface area contributed by atoms with Crippen molar-refractivity contribution in [2.24, 2.45) is 5.41 Å². The second kappa shape index (κ2) is 5.43. The molecule has 1 atom stereocenters. The number of benzene rings is 2. The normalized spacial score (nSPS) is 26.7. The van der Waals surface area contributed by atoms with Gasteiger partial charge in [0.15, 0.2) is 0 Å². The number of nitrogens with one attached hydrogen (secondary N) is 1. The van der Waals surface area contributed by atoms with E-state index in [1.165, 1.54) is 61.8 Å². The number of likely N-dealkylation sites (tertiary alicyclic amines) is 1. The number of piperidine rings is 1. The van der Waals surface area contributed by atoms with Crippen molar-refractivity contribution in [1.82, 2.24) is 10.2 Å². The largest absolute Gasteiger partial charge is 0.316 e. The van der Waals surface area contributed by atoms with Gasteiger partial charge in [-0.2, -0.15) is 0 Å². The maximum Gasteiger partial charge on any atom is 0.0234 e. The first-order valence-corrected chi connectivity index (χ1v) is 8.24. The number of hydrogen-bond donors (Lipinski definition) is 1. The zero-order chi connectivity index (χ0) is 14.1. The summed E-state index contributed by atoms with van der Waals surface area (Å²) in [6, 6.07) is 15.6. The van der Waals surface area contributed by atoms with Crippen molar-refractivity contribution >= 4 is 10.8 Å². The Kier molecular flexibility index (Phi) is 3.44. The third-order valence-corrected chi connectivity index (χ3v) is 5.30. The highest BCUT2D eigenvalue weighted by molar-refractivity contribution is 5.82. The Morgan fingerprint density at radius 1 is 1.05 bits per heavy atom. The van der Waals surface area contributed by atoms with Crippen molar-refractivity contribution in [2.75, 3.05) is 26.2 Å². The molecule has 1 N–H and O–H groups in total. The smallest absolute Gasteiger partial charge is 0.0234 e. The number of nitrogens with zero attached hydrogens (tertiary/aromatic N) is 1. The average molecular weight is 280 g/mol. The van der Waals surface area contributed by atoms with Crippen molar-refractivity contribution in [3.8, 4) is 0 Å². The van der Waals surface area contributed by atoms with E-state index >= 15 is 0 Å². The van der Waals surface area contributed by atoms with Gasteiger partial charge in [0.1, 0.15) is 0 Å². The first-order valence-electron chi connectivity index (χ1n) is 8.24. The van der Waals surface area contributed by atoms with Gasteiger partial charge in [0.25, 0.3) is 0 Å². The monoisotopic (exact) mass is 280 g/mol. The average Bonchev–Trinajstić information content (AvgIpc) is 2.90. The molecule has 2 aromatic carbocycles. The van der Waals surface area contributed by atoms with Gasteiger partial charge >= 0.3 is 0 Å². The van der Waals surface area contributed by atoms with Gasteiger partial charge in [0.2, 0.25) is 0 Å². The zero-order valence-corrected chi connectivity index (χ0v) is 12.6. The maximum atomic E-state index is 3.60. The molecule has 0 saturated carbocycles. The van der Waals surface area contributed by atoms with Crippen LogP contribution in [0.15, 0.2) is 42.5 Å². The van der Waals surface area contributed by atoms with Crippen LogP contribution < -0.4 is 5.32 Å². The number of fused-ring (bicyclic) bond motifs is 1. The SMILES string of the molecule is c1ccc2cc(CN3CC[C@]4(CCCNC4)C3)ccc2c1. The molecule has 2 heteroatoms. The summed E-state index contributed by atoms with van der Waals surface area (Å²) in [6.45, 7) is 6.07.